The molecule has 0 saturated heterocycles. The highest BCUT2D eigenvalue weighted by atomic mass is 79.9. The summed E-state index contributed by atoms with van der Waals surface area (Å²) in [5.41, 5.74) is 7.80. The van der Waals surface area contributed by atoms with Crippen LogP contribution >= 0.6 is 17.0 Å². The Balaban J connectivity index is 0.000001000. The van der Waals surface area contributed by atoms with Crippen LogP contribution in [0.25, 0.3) is 0 Å². The second-order valence-electron chi connectivity index (χ2n) is 2.19. The Labute approximate surface area is 76.4 Å². The normalized spacial score (nSPS) is 8.00. The maximum Gasteiger partial charge on any atom is 0.0994 e. The van der Waals surface area contributed by atoms with Crippen molar-refractivity contribution in [3.63, 3.8) is 0 Å². The van der Waals surface area contributed by atoms with Gasteiger partial charge >= 0.3 is 0 Å². The molecule has 11 heavy (non-hydrogen) atoms. The van der Waals surface area contributed by atoms with Crippen molar-refractivity contribution in [1.82, 2.24) is 0 Å². The number of halogens is 1. The van der Waals surface area contributed by atoms with E-state index in [1.54, 1.807) is 18.2 Å². The van der Waals surface area contributed by atoms with Gasteiger partial charge in [0.25, 0.3) is 0 Å². The highest BCUT2D eigenvalue weighted by Gasteiger charge is 1.94. The Hall–Kier alpha value is -1.01. The molecule has 1 aromatic carbocycles. The number of aryl methyl sites for hydroxylation is 1. The molecule has 0 saturated carbocycles. The summed E-state index contributed by atoms with van der Waals surface area (Å²) in [5, 5.41) is 8.52. The lowest BCUT2D eigenvalue weighted by Gasteiger charge is -1.96. The summed E-state index contributed by atoms with van der Waals surface area (Å²) < 4.78 is 0. The molecule has 0 amide bonds. The average Bonchev–Trinajstić information content (AvgIpc) is 1.88. The van der Waals surface area contributed by atoms with Crippen LogP contribution in [0.15, 0.2) is 18.2 Å². The van der Waals surface area contributed by atoms with Gasteiger partial charge in [-0.05, 0) is 30.7 Å². The summed E-state index contributed by atoms with van der Waals surface area (Å²) in [4.78, 5) is 0. The molecular weight excluding hydrogens is 204 g/mol. The maximum absolute atomic E-state index is 8.52. The van der Waals surface area contributed by atoms with Crippen LogP contribution in [0.1, 0.15) is 11.1 Å². The molecule has 0 aliphatic carbocycles. The lowest BCUT2D eigenvalue weighted by atomic mass is 10.1. The van der Waals surface area contributed by atoms with Crippen LogP contribution in [0.4, 0.5) is 5.69 Å². The number of nitrogen functional groups attached to an aromatic ring is 1. The Morgan fingerprint density at radius 3 is 2.55 bits per heavy atom. The summed E-state index contributed by atoms with van der Waals surface area (Å²) in [6.45, 7) is 1.87. The lowest BCUT2D eigenvalue weighted by molar-refractivity contribution is 1.40. The van der Waals surface area contributed by atoms with Gasteiger partial charge in [-0.1, -0.05) is 0 Å². The molecule has 0 atom stereocenters. The first-order chi connectivity index (χ1) is 4.74. The van der Waals surface area contributed by atoms with Crippen molar-refractivity contribution in [3.8, 4) is 6.07 Å². The summed E-state index contributed by atoms with van der Waals surface area (Å²) in [6, 6.07) is 7.31. The van der Waals surface area contributed by atoms with E-state index in [1.807, 2.05) is 6.92 Å². The van der Waals surface area contributed by atoms with Crippen molar-refractivity contribution in [3.05, 3.63) is 29.3 Å². The summed E-state index contributed by atoms with van der Waals surface area (Å²) in [5.74, 6) is 0. The fourth-order valence-electron chi connectivity index (χ4n) is 0.812. The minimum atomic E-state index is 0. The molecule has 0 heterocycles. The number of nitrogens with zero attached hydrogens (tertiary/aromatic N) is 1. The van der Waals surface area contributed by atoms with Gasteiger partial charge in [0.05, 0.1) is 11.6 Å². The van der Waals surface area contributed by atoms with Crippen molar-refractivity contribution < 1.29 is 0 Å². The van der Waals surface area contributed by atoms with Crippen LogP contribution in [0, 0.1) is 18.3 Å². The predicted molar refractivity (Wildman–Crippen MR) is 50.6 cm³/mol. The summed E-state index contributed by atoms with van der Waals surface area (Å²) in [7, 11) is 0. The Kier molecular flexibility index (Phi) is 3.63. The maximum atomic E-state index is 8.52. The van der Waals surface area contributed by atoms with Crippen LogP contribution in [0.2, 0.25) is 0 Å². The second kappa shape index (κ2) is 3.99. The Morgan fingerprint density at radius 1 is 1.45 bits per heavy atom. The standard InChI is InChI=1S/C8H8N2.BrH/c1-6-4-8(10)3-2-7(6)5-9;/h2-4H,10H2,1H3;1H. The molecule has 1 rings (SSSR count). The third kappa shape index (κ3) is 2.24. The van der Waals surface area contributed by atoms with Crippen LogP contribution in [0.5, 0.6) is 0 Å². The van der Waals surface area contributed by atoms with Crippen molar-refractivity contribution in [2.75, 3.05) is 5.73 Å². The molecule has 0 unspecified atom stereocenters. The molecule has 0 aromatic heterocycles. The lowest BCUT2D eigenvalue weighted by Crippen LogP contribution is -1.87. The molecule has 0 fully saturated rings. The van der Waals surface area contributed by atoms with Crippen molar-refractivity contribution in [1.29, 1.82) is 5.26 Å². The highest BCUT2D eigenvalue weighted by Crippen LogP contribution is 2.10. The fourth-order valence-corrected chi connectivity index (χ4v) is 0.812. The monoisotopic (exact) mass is 212 g/mol. The van der Waals surface area contributed by atoms with Gasteiger partial charge in [-0.25, -0.2) is 0 Å². The quantitative estimate of drug-likeness (QED) is 0.670. The molecule has 2 N–H and O–H groups in total. The molecule has 0 spiro atoms. The van der Waals surface area contributed by atoms with Crippen LogP contribution in [-0.4, -0.2) is 0 Å². The molecular formula is C8H9BrN2. The van der Waals surface area contributed by atoms with E-state index in [9.17, 15) is 0 Å². The SMILES string of the molecule is Br.Cc1cc(N)ccc1C#N. The predicted octanol–water partition coefficient (Wildman–Crippen LogP) is 2.03. The first-order valence-corrected chi connectivity index (χ1v) is 3.00. The third-order valence-electron chi connectivity index (χ3n) is 1.37. The van der Waals surface area contributed by atoms with E-state index in [4.69, 9.17) is 11.0 Å². The molecule has 2 nitrogen and oxygen atoms in total. The zero-order valence-corrected chi connectivity index (χ0v) is 7.88. The van der Waals surface area contributed by atoms with Crippen molar-refractivity contribution in [2.45, 2.75) is 6.92 Å². The smallest absolute Gasteiger partial charge is 0.0994 e. The van der Waals surface area contributed by atoms with E-state index in [0.29, 0.717) is 11.3 Å². The fraction of sp³-hybridized carbons (Fsp3) is 0.125. The van der Waals surface area contributed by atoms with Gasteiger partial charge in [0.15, 0.2) is 0 Å². The zero-order valence-electron chi connectivity index (χ0n) is 6.16. The first kappa shape index (κ1) is 9.99. The molecule has 0 bridgehead atoms. The summed E-state index contributed by atoms with van der Waals surface area (Å²) >= 11 is 0. The molecule has 0 aliphatic heterocycles. The molecule has 0 radical (unpaired) electrons. The van der Waals surface area contributed by atoms with E-state index in [0.717, 1.165) is 5.56 Å². The van der Waals surface area contributed by atoms with E-state index in [1.165, 1.54) is 0 Å². The second-order valence-corrected chi connectivity index (χ2v) is 2.19. The minimum absolute atomic E-state index is 0. The summed E-state index contributed by atoms with van der Waals surface area (Å²) in [6.07, 6.45) is 0. The van der Waals surface area contributed by atoms with Gasteiger partial charge in [0.2, 0.25) is 0 Å². The number of nitrogens with two attached hydrogens (primary N) is 1. The van der Waals surface area contributed by atoms with Crippen LogP contribution in [0.3, 0.4) is 0 Å². The zero-order chi connectivity index (χ0) is 7.56. The van der Waals surface area contributed by atoms with Gasteiger partial charge in [-0.15, -0.1) is 17.0 Å². The third-order valence-corrected chi connectivity index (χ3v) is 1.37. The van der Waals surface area contributed by atoms with E-state index in [2.05, 4.69) is 6.07 Å². The Morgan fingerprint density at radius 2 is 2.09 bits per heavy atom. The van der Waals surface area contributed by atoms with Crippen molar-refractivity contribution in [2.24, 2.45) is 0 Å². The largest absolute Gasteiger partial charge is 0.399 e. The van der Waals surface area contributed by atoms with Gasteiger partial charge in [-0.3, -0.25) is 0 Å². The van der Waals surface area contributed by atoms with Gasteiger partial charge in [0, 0.05) is 5.69 Å². The topological polar surface area (TPSA) is 49.8 Å². The highest BCUT2D eigenvalue weighted by molar-refractivity contribution is 8.93. The molecule has 3 heteroatoms. The Bertz CT molecular complexity index is 289. The van der Waals surface area contributed by atoms with E-state index >= 15 is 0 Å². The first-order valence-electron chi connectivity index (χ1n) is 3.00. The number of hydrogen-bond acceptors (Lipinski definition) is 2. The van der Waals surface area contributed by atoms with Gasteiger partial charge in [0.1, 0.15) is 0 Å². The van der Waals surface area contributed by atoms with E-state index < -0.39 is 0 Å². The number of hydrogen-bond donors (Lipinski definition) is 1. The number of nitriles is 1. The van der Waals surface area contributed by atoms with Gasteiger partial charge in [-0.2, -0.15) is 5.26 Å². The molecule has 1 aromatic rings. The minimum Gasteiger partial charge on any atom is -0.399 e. The van der Waals surface area contributed by atoms with Crippen LogP contribution < -0.4 is 5.73 Å². The molecule has 0 aliphatic rings. The van der Waals surface area contributed by atoms with E-state index in [-0.39, 0.29) is 17.0 Å². The number of anilines is 1. The number of benzene rings is 1. The average molecular weight is 213 g/mol. The molecule has 58 valence electrons. The van der Waals surface area contributed by atoms with Crippen molar-refractivity contribution >= 4 is 22.7 Å². The van der Waals surface area contributed by atoms with Gasteiger partial charge < -0.3 is 5.73 Å². The van der Waals surface area contributed by atoms with Crippen LogP contribution in [-0.2, 0) is 0 Å². The number of rotatable bonds is 0.